The Balaban J connectivity index is 1.74. The summed E-state index contributed by atoms with van der Waals surface area (Å²) >= 11 is 0. The average molecular weight is 253 g/mol. The number of rotatable bonds is 3. The summed E-state index contributed by atoms with van der Waals surface area (Å²) in [5, 5.41) is 13.5. The average Bonchev–Trinajstić information content (AvgIpc) is 2.83. The van der Waals surface area contributed by atoms with Gasteiger partial charge in [-0.3, -0.25) is 0 Å². The summed E-state index contributed by atoms with van der Waals surface area (Å²) in [6.45, 7) is 3.03. The Labute approximate surface area is 114 Å². The molecule has 2 N–H and O–H groups in total. The van der Waals surface area contributed by atoms with Crippen LogP contribution in [0.3, 0.4) is 0 Å². The summed E-state index contributed by atoms with van der Waals surface area (Å²) in [5.74, 6) is 0.442. The van der Waals surface area contributed by atoms with Gasteiger partial charge in [-0.1, -0.05) is 36.4 Å². The Morgan fingerprint density at radius 2 is 2.00 bits per heavy atom. The van der Waals surface area contributed by atoms with Crippen molar-refractivity contribution in [2.24, 2.45) is 0 Å². The van der Waals surface area contributed by atoms with Crippen molar-refractivity contribution in [2.75, 3.05) is 0 Å². The molecule has 2 nitrogen and oxygen atoms in total. The largest absolute Gasteiger partial charge is 0.508 e. The van der Waals surface area contributed by atoms with Crippen LogP contribution < -0.4 is 5.32 Å². The molecule has 0 heterocycles. The zero-order chi connectivity index (χ0) is 13.2. The summed E-state index contributed by atoms with van der Waals surface area (Å²) < 4.78 is 0. The lowest BCUT2D eigenvalue weighted by atomic mass is 10.1. The van der Waals surface area contributed by atoms with Gasteiger partial charge in [0.05, 0.1) is 0 Å². The minimum Gasteiger partial charge on any atom is -0.508 e. The summed E-state index contributed by atoms with van der Waals surface area (Å²) in [4.78, 5) is 0. The lowest BCUT2D eigenvalue weighted by Gasteiger charge is -2.15. The number of hydrogen-bond donors (Lipinski definition) is 2. The highest BCUT2D eigenvalue weighted by Crippen LogP contribution is 2.36. The molecule has 0 saturated carbocycles. The van der Waals surface area contributed by atoms with E-state index in [-0.39, 0.29) is 0 Å². The predicted molar refractivity (Wildman–Crippen MR) is 77.2 cm³/mol. The monoisotopic (exact) mass is 253 g/mol. The van der Waals surface area contributed by atoms with E-state index in [2.05, 4.69) is 42.6 Å². The maximum absolute atomic E-state index is 9.85. The van der Waals surface area contributed by atoms with Crippen LogP contribution in [0.2, 0.25) is 0 Å². The van der Waals surface area contributed by atoms with E-state index in [1.165, 1.54) is 16.7 Å². The van der Waals surface area contributed by atoms with E-state index in [0.29, 0.717) is 11.8 Å². The molecule has 1 unspecified atom stereocenters. The summed E-state index contributed by atoms with van der Waals surface area (Å²) in [7, 11) is 0. The molecule has 0 aromatic heterocycles. The smallest absolute Gasteiger partial charge is 0.119 e. The first kappa shape index (κ1) is 12.2. The van der Waals surface area contributed by atoms with Gasteiger partial charge in [0.1, 0.15) is 5.75 Å². The molecule has 0 spiro atoms. The van der Waals surface area contributed by atoms with E-state index in [1.807, 2.05) is 6.07 Å². The maximum atomic E-state index is 9.85. The Bertz CT molecular complexity index is 592. The van der Waals surface area contributed by atoms with Crippen LogP contribution in [0.4, 0.5) is 0 Å². The molecule has 0 amide bonds. The number of aryl methyl sites for hydroxylation is 1. The second-order valence-corrected chi connectivity index (χ2v) is 5.24. The highest BCUT2D eigenvalue weighted by molar-refractivity contribution is 5.44. The molecule has 0 radical (unpaired) electrons. The number of phenolic OH excluding ortho intramolecular Hbond substituents is 1. The lowest BCUT2D eigenvalue weighted by molar-refractivity contribution is 0.469. The van der Waals surface area contributed by atoms with E-state index in [9.17, 15) is 5.11 Å². The van der Waals surface area contributed by atoms with Crippen molar-refractivity contribution in [2.45, 2.75) is 32.4 Å². The van der Waals surface area contributed by atoms with Crippen LogP contribution in [0.15, 0.2) is 42.5 Å². The number of nitrogens with one attached hydrogen (secondary N) is 1. The zero-order valence-corrected chi connectivity index (χ0v) is 11.2. The first-order valence-electron chi connectivity index (χ1n) is 6.84. The molecule has 1 atom stereocenters. The summed E-state index contributed by atoms with van der Waals surface area (Å²) in [5.41, 5.74) is 5.04. The van der Waals surface area contributed by atoms with Gasteiger partial charge >= 0.3 is 0 Å². The van der Waals surface area contributed by atoms with Crippen molar-refractivity contribution in [3.05, 3.63) is 64.7 Å². The molecule has 1 aliphatic carbocycles. The molecule has 0 aliphatic heterocycles. The fraction of sp³-hybridized carbons (Fsp3) is 0.294. The second-order valence-electron chi connectivity index (χ2n) is 5.24. The molecule has 0 saturated heterocycles. The first-order valence-corrected chi connectivity index (χ1v) is 6.84. The maximum Gasteiger partial charge on any atom is 0.119 e. The molecule has 2 aromatic carbocycles. The summed E-state index contributed by atoms with van der Waals surface area (Å²) in [6, 6.07) is 14.7. The third-order valence-corrected chi connectivity index (χ3v) is 4.05. The van der Waals surface area contributed by atoms with Gasteiger partial charge in [-0.2, -0.15) is 0 Å². The van der Waals surface area contributed by atoms with Gasteiger partial charge in [-0.25, -0.2) is 0 Å². The third kappa shape index (κ3) is 2.36. The predicted octanol–water partition coefficient (Wildman–Crippen LogP) is 3.48. The van der Waals surface area contributed by atoms with Crippen LogP contribution in [0.1, 0.15) is 34.7 Å². The topological polar surface area (TPSA) is 32.3 Å². The van der Waals surface area contributed by atoms with Gasteiger partial charge in [-0.05, 0) is 48.1 Å². The third-order valence-electron chi connectivity index (χ3n) is 4.05. The van der Waals surface area contributed by atoms with Crippen LogP contribution in [0.25, 0.3) is 0 Å². The molecule has 1 aliphatic rings. The number of aromatic hydroxyl groups is 1. The quantitative estimate of drug-likeness (QED) is 0.877. The van der Waals surface area contributed by atoms with Crippen molar-refractivity contribution in [1.29, 1.82) is 0 Å². The Kier molecular flexibility index (Phi) is 3.26. The molecule has 0 bridgehead atoms. The Morgan fingerprint density at radius 3 is 2.84 bits per heavy atom. The van der Waals surface area contributed by atoms with Gasteiger partial charge in [-0.15, -0.1) is 0 Å². The minimum absolute atomic E-state index is 0.363. The van der Waals surface area contributed by atoms with E-state index in [4.69, 9.17) is 0 Å². The van der Waals surface area contributed by atoms with Crippen molar-refractivity contribution in [1.82, 2.24) is 5.32 Å². The lowest BCUT2D eigenvalue weighted by Crippen LogP contribution is -2.19. The molecule has 98 valence electrons. The van der Waals surface area contributed by atoms with E-state index >= 15 is 0 Å². The number of fused-ring (bicyclic) bond motifs is 1. The standard InChI is InChI=1S/C17H19NO/c1-12-5-2-3-6-13(12)11-18-16-10-9-15-14(16)7-4-8-17(15)19/h2-8,16,18-19H,9-11H2,1H3. The molecular formula is C17H19NO. The highest BCUT2D eigenvalue weighted by Gasteiger charge is 2.23. The van der Waals surface area contributed by atoms with Gasteiger partial charge in [0.15, 0.2) is 0 Å². The second kappa shape index (κ2) is 5.06. The molecule has 2 aromatic rings. The molecular weight excluding hydrogens is 234 g/mol. The normalized spacial score (nSPS) is 17.4. The van der Waals surface area contributed by atoms with E-state index in [1.54, 1.807) is 6.07 Å². The Morgan fingerprint density at radius 1 is 1.16 bits per heavy atom. The van der Waals surface area contributed by atoms with Gasteiger partial charge in [0, 0.05) is 12.6 Å². The van der Waals surface area contributed by atoms with Gasteiger partial charge in [0.2, 0.25) is 0 Å². The fourth-order valence-corrected chi connectivity index (χ4v) is 2.89. The fourth-order valence-electron chi connectivity index (χ4n) is 2.89. The van der Waals surface area contributed by atoms with Crippen molar-refractivity contribution in [3.8, 4) is 5.75 Å². The van der Waals surface area contributed by atoms with Crippen LogP contribution in [-0.2, 0) is 13.0 Å². The van der Waals surface area contributed by atoms with Crippen molar-refractivity contribution in [3.63, 3.8) is 0 Å². The van der Waals surface area contributed by atoms with Crippen LogP contribution in [0, 0.1) is 6.92 Å². The van der Waals surface area contributed by atoms with Crippen LogP contribution >= 0.6 is 0 Å². The van der Waals surface area contributed by atoms with Crippen LogP contribution in [-0.4, -0.2) is 5.11 Å². The number of benzene rings is 2. The molecule has 19 heavy (non-hydrogen) atoms. The van der Waals surface area contributed by atoms with Crippen molar-refractivity contribution >= 4 is 0 Å². The molecule has 3 rings (SSSR count). The van der Waals surface area contributed by atoms with E-state index in [0.717, 1.165) is 24.9 Å². The van der Waals surface area contributed by atoms with Crippen molar-refractivity contribution < 1.29 is 5.11 Å². The molecule has 0 fully saturated rings. The number of phenols is 1. The van der Waals surface area contributed by atoms with Gasteiger partial charge in [0.25, 0.3) is 0 Å². The van der Waals surface area contributed by atoms with E-state index < -0.39 is 0 Å². The number of hydrogen-bond acceptors (Lipinski definition) is 2. The molecule has 2 heteroatoms. The first-order chi connectivity index (χ1) is 9.25. The SMILES string of the molecule is Cc1ccccc1CNC1CCc2c(O)cccc21. The highest BCUT2D eigenvalue weighted by atomic mass is 16.3. The Hall–Kier alpha value is -1.80. The van der Waals surface area contributed by atoms with Crippen LogP contribution in [0.5, 0.6) is 5.75 Å². The van der Waals surface area contributed by atoms with Gasteiger partial charge < -0.3 is 10.4 Å². The summed E-state index contributed by atoms with van der Waals surface area (Å²) in [6.07, 6.45) is 2.03. The minimum atomic E-state index is 0.363. The zero-order valence-electron chi connectivity index (χ0n) is 11.2.